The molecule has 1 saturated carbocycles. The number of sulfonamides is 2. The monoisotopic (exact) mass is 402 g/mol. The van der Waals surface area contributed by atoms with E-state index < -0.39 is 20.0 Å². The van der Waals surface area contributed by atoms with E-state index in [1.807, 2.05) is 0 Å². The number of benzene rings is 1. The highest BCUT2D eigenvalue weighted by Crippen LogP contribution is 2.30. The first-order valence-electron chi connectivity index (χ1n) is 9.26. The second-order valence-electron chi connectivity index (χ2n) is 7.06. The van der Waals surface area contributed by atoms with E-state index in [0.29, 0.717) is 19.0 Å². The molecule has 0 bridgehead atoms. The van der Waals surface area contributed by atoms with Crippen molar-refractivity contribution in [2.45, 2.75) is 62.8 Å². The standard InChI is InChI=1S/C18H30N2O4S2/c1-5-20(6-2)26(23,24)17-12-10-16(11-13-17)25(21,22)19-18-9-7-8-14(3)15(18)4/h10-15,18-19H,5-9H2,1-4H3/t14-,15-,18-/m0/s1. The largest absolute Gasteiger partial charge is 0.243 e. The molecule has 8 heteroatoms. The molecule has 1 N–H and O–H groups in total. The summed E-state index contributed by atoms with van der Waals surface area (Å²) in [6.45, 7) is 8.53. The fourth-order valence-corrected chi connectivity index (χ4v) is 6.34. The van der Waals surface area contributed by atoms with E-state index >= 15 is 0 Å². The molecule has 0 aliphatic heterocycles. The molecule has 26 heavy (non-hydrogen) atoms. The van der Waals surface area contributed by atoms with Crippen molar-refractivity contribution in [1.29, 1.82) is 0 Å². The molecule has 1 aliphatic rings. The van der Waals surface area contributed by atoms with E-state index in [1.165, 1.54) is 28.6 Å². The van der Waals surface area contributed by atoms with Crippen LogP contribution in [-0.2, 0) is 20.0 Å². The highest BCUT2D eigenvalue weighted by atomic mass is 32.2. The van der Waals surface area contributed by atoms with Gasteiger partial charge in [0.15, 0.2) is 0 Å². The van der Waals surface area contributed by atoms with E-state index in [-0.39, 0.29) is 21.8 Å². The molecule has 0 spiro atoms. The lowest BCUT2D eigenvalue weighted by molar-refractivity contribution is 0.227. The summed E-state index contributed by atoms with van der Waals surface area (Å²) in [5.74, 6) is 0.763. The molecule has 148 valence electrons. The first-order chi connectivity index (χ1) is 12.1. The smallest absolute Gasteiger partial charge is 0.208 e. The summed E-state index contributed by atoms with van der Waals surface area (Å²) in [6, 6.07) is 5.40. The molecule has 6 nitrogen and oxygen atoms in total. The molecule has 0 radical (unpaired) electrons. The third-order valence-electron chi connectivity index (χ3n) is 5.49. The fraction of sp³-hybridized carbons (Fsp3) is 0.667. The molecule has 0 amide bonds. The zero-order chi connectivity index (χ0) is 19.5. The summed E-state index contributed by atoms with van der Waals surface area (Å²) in [5, 5.41) is 0. The van der Waals surface area contributed by atoms with Gasteiger partial charge < -0.3 is 0 Å². The molecule has 0 saturated heterocycles. The van der Waals surface area contributed by atoms with Crippen LogP contribution in [0.4, 0.5) is 0 Å². The second kappa shape index (κ2) is 8.37. The Morgan fingerprint density at radius 3 is 2.04 bits per heavy atom. The molecule has 1 fully saturated rings. The van der Waals surface area contributed by atoms with Crippen LogP contribution >= 0.6 is 0 Å². The Bertz CT molecular complexity index is 800. The van der Waals surface area contributed by atoms with E-state index in [9.17, 15) is 16.8 Å². The van der Waals surface area contributed by atoms with Gasteiger partial charge in [-0.15, -0.1) is 0 Å². The summed E-state index contributed by atoms with van der Waals surface area (Å²) in [4.78, 5) is 0.209. The predicted octanol–water partition coefficient (Wildman–Crippen LogP) is 2.82. The lowest BCUT2D eigenvalue weighted by Crippen LogP contribution is -2.43. The van der Waals surface area contributed by atoms with Crippen molar-refractivity contribution < 1.29 is 16.8 Å². The van der Waals surface area contributed by atoms with Crippen LogP contribution < -0.4 is 4.72 Å². The summed E-state index contributed by atoms with van der Waals surface area (Å²) in [6.07, 6.45) is 2.97. The van der Waals surface area contributed by atoms with E-state index in [2.05, 4.69) is 18.6 Å². The number of nitrogens with zero attached hydrogens (tertiary/aromatic N) is 1. The number of rotatable bonds is 7. The lowest BCUT2D eigenvalue weighted by atomic mass is 9.78. The van der Waals surface area contributed by atoms with Crippen molar-refractivity contribution in [3.8, 4) is 0 Å². The minimum atomic E-state index is -3.67. The van der Waals surface area contributed by atoms with Gasteiger partial charge in [0.05, 0.1) is 9.79 Å². The van der Waals surface area contributed by atoms with Crippen LogP contribution in [0.25, 0.3) is 0 Å². The van der Waals surface area contributed by atoms with Gasteiger partial charge in [0.25, 0.3) is 0 Å². The maximum absolute atomic E-state index is 12.7. The summed E-state index contributed by atoms with van der Waals surface area (Å²) < 4.78 is 54.6. The normalized spacial score (nSPS) is 24.7. The van der Waals surface area contributed by atoms with Crippen LogP contribution in [0.1, 0.15) is 47.0 Å². The Morgan fingerprint density at radius 2 is 1.50 bits per heavy atom. The average Bonchev–Trinajstić information content (AvgIpc) is 2.60. The second-order valence-corrected chi connectivity index (χ2v) is 10.7. The quantitative estimate of drug-likeness (QED) is 0.760. The third-order valence-corrected chi connectivity index (χ3v) is 9.06. The maximum Gasteiger partial charge on any atom is 0.243 e. The molecule has 1 aliphatic carbocycles. The van der Waals surface area contributed by atoms with Gasteiger partial charge in [-0.05, 0) is 42.5 Å². The fourth-order valence-electron chi connectivity index (χ4n) is 3.52. The van der Waals surface area contributed by atoms with Gasteiger partial charge in [-0.3, -0.25) is 0 Å². The van der Waals surface area contributed by atoms with Gasteiger partial charge in [-0.2, -0.15) is 4.31 Å². The van der Waals surface area contributed by atoms with Gasteiger partial charge in [0.1, 0.15) is 0 Å². The highest BCUT2D eigenvalue weighted by molar-refractivity contribution is 7.89. The van der Waals surface area contributed by atoms with E-state index in [4.69, 9.17) is 0 Å². The van der Waals surface area contributed by atoms with Crippen LogP contribution in [0.5, 0.6) is 0 Å². The van der Waals surface area contributed by atoms with Crippen LogP contribution in [0.2, 0.25) is 0 Å². The first kappa shape index (κ1) is 21.3. The van der Waals surface area contributed by atoms with Crippen molar-refractivity contribution in [3.63, 3.8) is 0 Å². The Hall–Kier alpha value is -0.960. The van der Waals surface area contributed by atoms with Crippen molar-refractivity contribution in [1.82, 2.24) is 9.03 Å². The van der Waals surface area contributed by atoms with Crippen molar-refractivity contribution in [3.05, 3.63) is 24.3 Å². The van der Waals surface area contributed by atoms with Crippen LogP contribution in [0.15, 0.2) is 34.1 Å². The average molecular weight is 403 g/mol. The third kappa shape index (κ3) is 4.47. The summed E-state index contributed by atoms with van der Waals surface area (Å²) >= 11 is 0. The highest BCUT2D eigenvalue weighted by Gasteiger charge is 2.31. The van der Waals surface area contributed by atoms with Crippen molar-refractivity contribution >= 4 is 20.0 Å². The molecular weight excluding hydrogens is 372 g/mol. The minimum Gasteiger partial charge on any atom is -0.208 e. The number of nitrogens with one attached hydrogen (secondary N) is 1. The summed E-state index contributed by atoms with van der Waals surface area (Å²) in [7, 11) is -7.26. The molecule has 0 aromatic heterocycles. The molecular formula is C18H30N2O4S2. The van der Waals surface area contributed by atoms with Gasteiger partial charge in [0, 0.05) is 19.1 Å². The van der Waals surface area contributed by atoms with Crippen LogP contribution in [0.3, 0.4) is 0 Å². The van der Waals surface area contributed by atoms with Gasteiger partial charge in [0.2, 0.25) is 20.0 Å². The predicted molar refractivity (Wildman–Crippen MR) is 103 cm³/mol. The molecule has 0 heterocycles. The number of hydrogen-bond acceptors (Lipinski definition) is 4. The zero-order valence-corrected chi connectivity index (χ0v) is 17.6. The van der Waals surface area contributed by atoms with Crippen molar-refractivity contribution in [2.24, 2.45) is 11.8 Å². The van der Waals surface area contributed by atoms with Crippen LogP contribution in [0, 0.1) is 11.8 Å². The van der Waals surface area contributed by atoms with E-state index in [1.54, 1.807) is 13.8 Å². The van der Waals surface area contributed by atoms with Gasteiger partial charge in [-0.1, -0.05) is 40.5 Å². The molecule has 2 rings (SSSR count). The molecule has 1 aromatic carbocycles. The van der Waals surface area contributed by atoms with Gasteiger partial charge in [-0.25, -0.2) is 21.6 Å². The Morgan fingerprint density at radius 1 is 0.962 bits per heavy atom. The first-order valence-corrected chi connectivity index (χ1v) is 12.2. The molecule has 3 atom stereocenters. The SMILES string of the molecule is CCN(CC)S(=O)(=O)c1ccc(S(=O)(=O)N[C@H]2CCC[C@H](C)[C@@H]2C)cc1. The van der Waals surface area contributed by atoms with E-state index in [0.717, 1.165) is 19.3 Å². The molecule has 0 unspecified atom stereocenters. The van der Waals surface area contributed by atoms with Gasteiger partial charge >= 0.3 is 0 Å². The number of hydrogen-bond donors (Lipinski definition) is 1. The Kier molecular flexibility index (Phi) is 6.87. The lowest BCUT2D eigenvalue weighted by Gasteiger charge is -2.34. The van der Waals surface area contributed by atoms with Crippen molar-refractivity contribution in [2.75, 3.05) is 13.1 Å². The molecule has 1 aromatic rings. The Balaban J connectivity index is 2.21. The van der Waals surface area contributed by atoms with Crippen LogP contribution in [-0.4, -0.2) is 40.3 Å². The summed E-state index contributed by atoms with van der Waals surface area (Å²) in [5.41, 5.74) is 0. The topological polar surface area (TPSA) is 83.6 Å². The zero-order valence-electron chi connectivity index (χ0n) is 16.0. The minimum absolute atomic E-state index is 0.0807. The Labute approximate surface area is 158 Å². The maximum atomic E-state index is 12.7.